The summed E-state index contributed by atoms with van der Waals surface area (Å²) in [6.45, 7) is 0.325. The summed E-state index contributed by atoms with van der Waals surface area (Å²) < 4.78 is 10.3. The van der Waals surface area contributed by atoms with Gasteiger partial charge in [0.15, 0.2) is 0 Å². The van der Waals surface area contributed by atoms with Gasteiger partial charge in [0.2, 0.25) is 11.0 Å². The van der Waals surface area contributed by atoms with Gasteiger partial charge >= 0.3 is 0 Å². The highest BCUT2D eigenvalue weighted by atomic mass is 32.1. The summed E-state index contributed by atoms with van der Waals surface area (Å²) in [5, 5.41) is 12.0. The number of carbonyl (C=O) groups excluding carboxylic acids is 2. The van der Waals surface area contributed by atoms with Gasteiger partial charge < -0.3 is 14.4 Å². The molecule has 31 heavy (non-hydrogen) atoms. The molecular formula is C22H22N4O4S. The largest absolute Gasteiger partial charge is 0.497 e. The average Bonchev–Trinajstić information content (AvgIpc) is 3.23. The van der Waals surface area contributed by atoms with Gasteiger partial charge in [-0.3, -0.25) is 14.9 Å². The molecule has 8 nitrogen and oxygen atoms in total. The molecule has 2 atom stereocenters. The van der Waals surface area contributed by atoms with Crippen LogP contribution in [0.3, 0.4) is 0 Å². The van der Waals surface area contributed by atoms with E-state index in [1.54, 1.807) is 38.3 Å². The number of amides is 2. The highest BCUT2D eigenvalue weighted by Crippen LogP contribution is 2.42. The van der Waals surface area contributed by atoms with Crippen LogP contribution in [0, 0.1) is 0 Å². The molecule has 160 valence electrons. The number of ether oxygens (including phenoxy) is 2. The lowest BCUT2D eigenvalue weighted by Crippen LogP contribution is -2.44. The predicted molar refractivity (Wildman–Crippen MR) is 116 cm³/mol. The van der Waals surface area contributed by atoms with Crippen LogP contribution in [0.2, 0.25) is 0 Å². The highest BCUT2D eigenvalue weighted by molar-refractivity contribution is 7.15. The van der Waals surface area contributed by atoms with E-state index in [4.69, 9.17) is 9.47 Å². The zero-order chi connectivity index (χ0) is 22.0. The van der Waals surface area contributed by atoms with E-state index in [2.05, 4.69) is 15.5 Å². The number of nitrogens with zero attached hydrogens (tertiary/aromatic N) is 3. The van der Waals surface area contributed by atoms with E-state index < -0.39 is 12.0 Å². The molecule has 1 aliphatic heterocycles. The Balaban J connectivity index is 1.74. The van der Waals surface area contributed by atoms with Crippen LogP contribution in [0.15, 0.2) is 48.5 Å². The lowest BCUT2D eigenvalue weighted by molar-refractivity contribution is -0.119. The van der Waals surface area contributed by atoms with Crippen LogP contribution in [0.1, 0.15) is 38.5 Å². The molecule has 1 aliphatic rings. The van der Waals surface area contributed by atoms with Crippen molar-refractivity contribution in [3.8, 4) is 5.75 Å². The molecule has 4 rings (SSSR count). The van der Waals surface area contributed by atoms with Gasteiger partial charge in [-0.1, -0.05) is 41.7 Å². The molecule has 1 N–H and O–H groups in total. The maximum absolute atomic E-state index is 13.5. The second-order valence-electron chi connectivity index (χ2n) is 7.12. The first-order valence-electron chi connectivity index (χ1n) is 9.65. The molecule has 0 aliphatic carbocycles. The molecule has 0 saturated heterocycles. The van der Waals surface area contributed by atoms with Crippen LogP contribution in [0.25, 0.3) is 0 Å². The number of rotatable bonds is 6. The summed E-state index contributed by atoms with van der Waals surface area (Å²) >= 11 is 1.26. The number of carbonyl (C=O) groups is 2. The minimum Gasteiger partial charge on any atom is -0.497 e. The fourth-order valence-corrected chi connectivity index (χ4v) is 4.56. The van der Waals surface area contributed by atoms with Gasteiger partial charge in [0.05, 0.1) is 19.1 Å². The number of hydrogen-bond donors (Lipinski definition) is 1. The van der Waals surface area contributed by atoms with Crippen LogP contribution < -0.4 is 10.1 Å². The topological polar surface area (TPSA) is 93.7 Å². The van der Waals surface area contributed by atoms with Crippen LogP contribution in [0.4, 0.5) is 5.13 Å². The average molecular weight is 439 g/mol. The van der Waals surface area contributed by atoms with E-state index in [9.17, 15) is 9.59 Å². The number of hydrogen-bond acceptors (Lipinski definition) is 7. The Bertz CT molecular complexity index is 1100. The fourth-order valence-electron chi connectivity index (χ4n) is 3.84. The van der Waals surface area contributed by atoms with Crippen molar-refractivity contribution in [2.45, 2.75) is 18.6 Å². The summed E-state index contributed by atoms with van der Waals surface area (Å²) in [6, 6.07) is 14.1. The van der Waals surface area contributed by atoms with Crippen molar-refractivity contribution in [2.24, 2.45) is 0 Å². The Morgan fingerprint density at radius 1 is 1.13 bits per heavy atom. The van der Waals surface area contributed by atoms with Crippen molar-refractivity contribution in [1.29, 1.82) is 0 Å². The van der Waals surface area contributed by atoms with E-state index in [0.717, 1.165) is 5.56 Å². The molecular weight excluding hydrogens is 416 g/mol. The van der Waals surface area contributed by atoms with Crippen LogP contribution >= 0.6 is 11.3 Å². The number of anilines is 1. The fraction of sp³-hybridized carbons (Fsp3) is 0.273. The number of methoxy groups -OCH3 is 2. The van der Waals surface area contributed by atoms with Gasteiger partial charge in [-0.25, -0.2) is 0 Å². The van der Waals surface area contributed by atoms with Crippen LogP contribution in [0.5, 0.6) is 5.75 Å². The highest BCUT2D eigenvalue weighted by Gasteiger charge is 2.42. The van der Waals surface area contributed by atoms with Crippen molar-refractivity contribution < 1.29 is 19.1 Å². The van der Waals surface area contributed by atoms with Crippen molar-refractivity contribution >= 4 is 28.3 Å². The Morgan fingerprint density at radius 2 is 1.87 bits per heavy atom. The molecule has 0 radical (unpaired) electrons. The number of likely N-dealkylation sites (N-methyl/N-ethyl adjacent to an activating group) is 1. The molecule has 0 bridgehead atoms. The van der Waals surface area contributed by atoms with Crippen molar-refractivity contribution in [3.05, 3.63) is 70.2 Å². The zero-order valence-corrected chi connectivity index (χ0v) is 18.2. The van der Waals surface area contributed by atoms with E-state index in [0.29, 0.717) is 33.6 Å². The van der Waals surface area contributed by atoms with Crippen LogP contribution in [-0.4, -0.2) is 48.2 Å². The third kappa shape index (κ3) is 4.01. The first-order valence-corrected chi connectivity index (χ1v) is 10.5. The number of aromatic nitrogens is 2. The van der Waals surface area contributed by atoms with Gasteiger partial charge in [-0.05, 0) is 29.3 Å². The summed E-state index contributed by atoms with van der Waals surface area (Å²) in [5.74, 6) is -0.303. The van der Waals surface area contributed by atoms with E-state index in [-0.39, 0.29) is 11.8 Å². The molecule has 2 amide bonds. The second-order valence-corrected chi connectivity index (χ2v) is 8.18. The Kier molecular flexibility index (Phi) is 5.97. The molecule has 0 unspecified atom stereocenters. The smallest absolute Gasteiger partial charge is 0.254 e. The summed E-state index contributed by atoms with van der Waals surface area (Å²) in [7, 11) is 4.89. The van der Waals surface area contributed by atoms with Gasteiger partial charge in [0.25, 0.3) is 5.91 Å². The Hall–Kier alpha value is -3.30. The zero-order valence-electron chi connectivity index (χ0n) is 17.4. The van der Waals surface area contributed by atoms with Crippen molar-refractivity contribution in [3.63, 3.8) is 0 Å². The maximum Gasteiger partial charge on any atom is 0.254 e. The monoisotopic (exact) mass is 438 g/mol. The quantitative estimate of drug-likeness (QED) is 0.635. The SMILES string of the molecule is COCc1nnc(NC(=O)[C@@H]2c3ccccc3C(=O)N(C)[C@@H]2c2ccc(OC)cc2)s1. The number of fused-ring (bicyclic) bond motifs is 1. The summed E-state index contributed by atoms with van der Waals surface area (Å²) in [6.07, 6.45) is 0. The summed E-state index contributed by atoms with van der Waals surface area (Å²) in [4.78, 5) is 28.2. The molecule has 2 aromatic carbocycles. The van der Waals surface area contributed by atoms with Gasteiger partial charge in [-0.2, -0.15) is 0 Å². The number of benzene rings is 2. The second kappa shape index (κ2) is 8.83. The Morgan fingerprint density at radius 3 is 2.58 bits per heavy atom. The normalized spacial score (nSPS) is 17.9. The third-order valence-corrected chi connectivity index (χ3v) is 6.10. The molecule has 1 aromatic heterocycles. The molecule has 3 aromatic rings. The Labute approximate surface area is 183 Å². The number of nitrogens with one attached hydrogen (secondary N) is 1. The van der Waals surface area contributed by atoms with Gasteiger partial charge in [0.1, 0.15) is 17.4 Å². The van der Waals surface area contributed by atoms with Crippen molar-refractivity contribution in [1.82, 2.24) is 15.1 Å². The third-order valence-electron chi connectivity index (χ3n) is 5.28. The van der Waals surface area contributed by atoms with Crippen molar-refractivity contribution in [2.75, 3.05) is 26.6 Å². The van der Waals surface area contributed by atoms with Crippen LogP contribution in [-0.2, 0) is 16.1 Å². The van der Waals surface area contributed by atoms with Gasteiger partial charge in [-0.15, -0.1) is 10.2 Å². The summed E-state index contributed by atoms with van der Waals surface area (Å²) in [5.41, 5.74) is 2.04. The molecule has 2 heterocycles. The standard InChI is InChI=1S/C22H22N4O4S/c1-26-19(13-8-10-14(30-3)11-9-13)18(15-6-4-5-7-16(15)21(26)28)20(27)23-22-25-24-17(31-22)12-29-2/h4-11,18-19H,12H2,1-3H3,(H,23,25,27)/t18-,19-/m1/s1. The first kappa shape index (κ1) is 21.0. The predicted octanol–water partition coefficient (Wildman–Crippen LogP) is 3.24. The minimum absolute atomic E-state index is 0.126. The molecule has 9 heteroatoms. The van der Waals surface area contributed by atoms with E-state index in [1.165, 1.54) is 11.3 Å². The minimum atomic E-state index is -0.623. The maximum atomic E-state index is 13.5. The molecule has 0 fully saturated rings. The lowest BCUT2D eigenvalue weighted by Gasteiger charge is -2.39. The lowest BCUT2D eigenvalue weighted by atomic mass is 9.79. The molecule has 0 saturated carbocycles. The first-order chi connectivity index (χ1) is 15.0. The van der Waals surface area contributed by atoms with Gasteiger partial charge in [0, 0.05) is 19.7 Å². The van der Waals surface area contributed by atoms with E-state index in [1.807, 2.05) is 36.4 Å². The molecule has 0 spiro atoms. The van der Waals surface area contributed by atoms with E-state index >= 15 is 0 Å².